The van der Waals surface area contributed by atoms with E-state index in [2.05, 4.69) is 27.2 Å². The summed E-state index contributed by atoms with van der Waals surface area (Å²) in [5.41, 5.74) is -0.0800. The van der Waals surface area contributed by atoms with E-state index in [-0.39, 0.29) is 5.56 Å². The van der Waals surface area contributed by atoms with Crippen LogP contribution in [0.2, 0.25) is 0 Å². The van der Waals surface area contributed by atoms with Gasteiger partial charge in [-0.3, -0.25) is 0 Å². The fraction of sp³-hybridized carbons (Fsp3) is 0.474. The van der Waals surface area contributed by atoms with Crippen molar-refractivity contribution in [3.63, 3.8) is 0 Å². The number of alkyl halides is 3. The van der Waals surface area contributed by atoms with Crippen molar-refractivity contribution in [3.05, 3.63) is 41.5 Å². The highest BCUT2D eigenvalue weighted by Gasteiger charge is 2.31. The predicted octanol–water partition coefficient (Wildman–Crippen LogP) is 4.51. The number of aromatic nitrogens is 2. The molecule has 0 bridgehead atoms. The Hall–Kier alpha value is -2.22. The van der Waals surface area contributed by atoms with E-state index in [1.807, 2.05) is 0 Å². The molecule has 27 heavy (non-hydrogen) atoms. The number of halogens is 4. The van der Waals surface area contributed by atoms with Gasteiger partial charge in [-0.2, -0.15) is 13.2 Å². The molecule has 0 radical (unpaired) electrons. The molecule has 1 aliphatic heterocycles. The Morgan fingerprint density at radius 2 is 2.04 bits per heavy atom. The fourth-order valence-electron chi connectivity index (χ4n) is 3.42. The van der Waals surface area contributed by atoms with E-state index < -0.39 is 17.6 Å². The van der Waals surface area contributed by atoms with Crippen LogP contribution in [-0.4, -0.2) is 41.0 Å². The molecule has 1 aromatic heterocycles. The minimum atomic E-state index is -4.58. The van der Waals surface area contributed by atoms with Gasteiger partial charge in [0.25, 0.3) is 0 Å². The van der Waals surface area contributed by atoms with Crippen molar-refractivity contribution >= 4 is 5.95 Å². The summed E-state index contributed by atoms with van der Waals surface area (Å²) >= 11 is 0. The van der Waals surface area contributed by atoms with Crippen molar-refractivity contribution < 1.29 is 17.6 Å². The van der Waals surface area contributed by atoms with Gasteiger partial charge in [-0.15, -0.1) is 0 Å². The Balaban J connectivity index is 1.69. The number of anilines is 1. The summed E-state index contributed by atoms with van der Waals surface area (Å²) in [6.07, 6.45) is 0.243. The lowest BCUT2D eigenvalue weighted by molar-refractivity contribution is -0.137. The Morgan fingerprint density at radius 1 is 1.26 bits per heavy atom. The number of hydrogen-bond acceptors (Lipinski definition) is 4. The van der Waals surface area contributed by atoms with Gasteiger partial charge in [-0.1, -0.05) is 6.07 Å². The van der Waals surface area contributed by atoms with Crippen molar-refractivity contribution in [2.75, 3.05) is 25.5 Å². The fourth-order valence-corrected chi connectivity index (χ4v) is 3.42. The van der Waals surface area contributed by atoms with Crippen LogP contribution in [0, 0.1) is 12.7 Å². The van der Waals surface area contributed by atoms with Crippen molar-refractivity contribution in [1.82, 2.24) is 14.9 Å². The van der Waals surface area contributed by atoms with Gasteiger partial charge in [0.1, 0.15) is 5.82 Å². The third kappa shape index (κ3) is 4.55. The quantitative estimate of drug-likeness (QED) is 0.773. The Morgan fingerprint density at radius 3 is 2.63 bits per heavy atom. The first-order valence-electron chi connectivity index (χ1n) is 8.90. The Bertz CT molecular complexity index is 807. The van der Waals surface area contributed by atoms with Crippen LogP contribution in [0.25, 0.3) is 11.1 Å². The maximum Gasteiger partial charge on any atom is 0.416 e. The minimum absolute atomic E-state index is 0.0552. The zero-order valence-corrected chi connectivity index (χ0v) is 15.3. The monoisotopic (exact) mass is 382 g/mol. The molecule has 1 atom stereocenters. The number of likely N-dealkylation sites (tertiary alicyclic amines) is 1. The lowest BCUT2D eigenvalue weighted by Gasteiger charge is -2.19. The number of aryl methyl sites for hydroxylation is 1. The molecule has 0 spiro atoms. The summed E-state index contributed by atoms with van der Waals surface area (Å²) in [5.74, 6) is -0.509. The number of hydrogen-bond donors (Lipinski definition) is 1. The van der Waals surface area contributed by atoms with E-state index in [1.54, 1.807) is 6.92 Å². The number of rotatable bonds is 5. The van der Waals surface area contributed by atoms with Crippen LogP contribution >= 0.6 is 0 Å². The van der Waals surface area contributed by atoms with Gasteiger partial charge in [-0.05, 0) is 51.9 Å². The van der Waals surface area contributed by atoms with E-state index in [0.29, 0.717) is 29.3 Å². The van der Waals surface area contributed by atoms with Crippen molar-refractivity contribution in [1.29, 1.82) is 0 Å². The van der Waals surface area contributed by atoms with Gasteiger partial charge in [0.15, 0.2) is 0 Å². The molecule has 0 aliphatic carbocycles. The van der Waals surface area contributed by atoms with Crippen LogP contribution in [-0.2, 0) is 6.18 Å². The van der Waals surface area contributed by atoms with Crippen molar-refractivity contribution in [2.24, 2.45) is 0 Å². The van der Waals surface area contributed by atoms with Crippen LogP contribution in [0.3, 0.4) is 0 Å². The molecule has 146 valence electrons. The first kappa shape index (κ1) is 19.5. The van der Waals surface area contributed by atoms with Crippen LogP contribution in [0.4, 0.5) is 23.5 Å². The predicted molar refractivity (Wildman–Crippen MR) is 95.9 cm³/mol. The molecule has 2 heterocycles. The first-order valence-corrected chi connectivity index (χ1v) is 8.90. The van der Waals surface area contributed by atoms with Gasteiger partial charge < -0.3 is 10.2 Å². The lowest BCUT2D eigenvalue weighted by atomic mass is 10.0. The highest BCUT2D eigenvalue weighted by molar-refractivity contribution is 5.66. The topological polar surface area (TPSA) is 41.1 Å². The van der Waals surface area contributed by atoms with Gasteiger partial charge >= 0.3 is 6.18 Å². The summed E-state index contributed by atoms with van der Waals surface area (Å²) in [7, 11) is 2.12. The Labute approximate surface area is 155 Å². The number of benzene rings is 1. The third-order valence-electron chi connectivity index (χ3n) is 5.00. The van der Waals surface area contributed by atoms with E-state index in [0.717, 1.165) is 31.6 Å². The maximum atomic E-state index is 14.2. The second kappa shape index (κ2) is 7.80. The summed E-state index contributed by atoms with van der Waals surface area (Å²) in [6.45, 7) is 3.53. The Kier molecular flexibility index (Phi) is 5.64. The molecule has 1 saturated heterocycles. The molecule has 1 N–H and O–H groups in total. The second-order valence-electron chi connectivity index (χ2n) is 6.88. The average molecular weight is 382 g/mol. The van der Waals surface area contributed by atoms with E-state index in [4.69, 9.17) is 0 Å². The van der Waals surface area contributed by atoms with Gasteiger partial charge in [0.05, 0.1) is 11.3 Å². The molecule has 2 aromatic rings. The minimum Gasteiger partial charge on any atom is -0.354 e. The average Bonchev–Trinajstić information content (AvgIpc) is 3.00. The van der Waals surface area contributed by atoms with Crippen molar-refractivity contribution in [2.45, 2.75) is 38.4 Å². The molecule has 0 saturated carbocycles. The van der Waals surface area contributed by atoms with Crippen LogP contribution < -0.4 is 5.32 Å². The van der Waals surface area contributed by atoms with Crippen LogP contribution in [0.5, 0.6) is 0 Å². The summed E-state index contributed by atoms with van der Waals surface area (Å²) in [6, 6.07) is 3.03. The molecule has 4 nitrogen and oxygen atoms in total. The highest BCUT2D eigenvalue weighted by Crippen LogP contribution is 2.33. The van der Waals surface area contributed by atoms with Gasteiger partial charge in [0.2, 0.25) is 5.95 Å². The van der Waals surface area contributed by atoms with Crippen LogP contribution in [0.15, 0.2) is 24.4 Å². The van der Waals surface area contributed by atoms with Gasteiger partial charge in [-0.25, -0.2) is 14.4 Å². The second-order valence-corrected chi connectivity index (χ2v) is 6.88. The largest absolute Gasteiger partial charge is 0.416 e. The van der Waals surface area contributed by atoms with Crippen LogP contribution in [0.1, 0.15) is 30.5 Å². The molecule has 1 unspecified atom stereocenters. The van der Waals surface area contributed by atoms with E-state index in [9.17, 15) is 17.6 Å². The normalized spacial score (nSPS) is 18.1. The smallest absolute Gasteiger partial charge is 0.354 e. The zero-order chi connectivity index (χ0) is 19.6. The summed E-state index contributed by atoms with van der Waals surface area (Å²) < 4.78 is 52.2. The lowest BCUT2D eigenvalue weighted by Crippen LogP contribution is -2.27. The molecule has 3 rings (SSSR count). The molecule has 8 heteroatoms. The SMILES string of the molecule is Cc1nc(NCCC2CCCN2C)ncc1-c1ccc(C(F)(F)F)cc1F. The molecule has 1 aliphatic rings. The molecule has 0 amide bonds. The standard InChI is InChI=1S/C19H22F4N4/c1-12-16(15-6-5-13(10-17(15)20)19(21,22)23)11-25-18(26-12)24-8-7-14-4-3-9-27(14)2/h5-6,10-11,14H,3-4,7-9H2,1-2H3,(H,24,25,26). The van der Waals surface area contributed by atoms with Crippen molar-refractivity contribution in [3.8, 4) is 11.1 Å². The first-order chi connectivity index (χ1) is 12.8. The molecular formula is C19H22F4N4. The summed E-state index contributed by atoms with van der Waals surface area (Å²) in [5, 5.41) is 3.16. The summed E-state index contributed by atoms with van der Waals surface area (Å²) in [4.78, 5) is 10.8. The number of nitrogens with zero attached hydrogens (tertiary/aromatic N) is 3. The van der Waals surface area contributed by atoms with Gasteiger partial charge in [0, 0.05) is 29.9 Å². The number of nitrogens with one attached hydrogen (secondary N) is 1. The van der Waals surface area contributed by atoms with E-state index in [1.165, 1.54) is 19.0 Å². The molecule has 1 aromatic carbocycles. The van der Waals surface area contributed by atoms with E-state index >= 15 is 0 Å². The maximum absolute atomic E-state index is 14.2. The molecular weight excluding hydrogens is 360 g/mol. The third-order valence-corrected chi connectivity index (χ3v) is 5.00. The highest BCUT2D eigenvalue weighted by atomic mass is 19.4. The molecule has 1 fully saturated rings. The zero-order valence-electron chi connectivity index (χ0n) is 15.3.